The van der Waals surface area contributed by atoms with Crippen molar-refractivity contribution in [1.82, 2.24) is 13.9 Å². The Hall–Kier alpha value is -4.47. The quantitative estimate of drug-likeness (QED) is 0.187. The zero-order chi connectivity index (χ0) is 36.9. The van der Waals surface area contributed by atoms with Crippen LogP contribution in [-0.2, 0) is 29.6 Å². The molecular weight excluding hydrogens is 697 g/mol. The minimum Gasteiger partial charge on any atom is -0.504 e. The van der Waals surface area contributed by atoms with Gasteiger partial charge in [-0.25, -0.2) is 21.1 Å². The normalized spacial score (nSPS) is 16.3. The van der Waals surface area contributed by atoms with Crippen LogP contribution in [0.5, 0.6) is 11.5 Å². The van der Waals surface area contributed by atoms with E-state index in [1.807, 2.05) is 13.8 Å². The molecule has 51 heavy (non-hydrogen) atoms. The maximum Gasteiger partial charge on any atom is 0.269 e. The first-order chi connectivity index (χ1) is 24.3. The highest BCUT2D eigenvalue weighted by Gasteiger charge is 2.44. The van der Waals surface area contributed by atoms with Crippen LogP contribution in [0.4, 0.5) is 5.69 Å². The van der Waals surface area contributed by atoms with Crippen LogP contribution in [0.2, 0.25) is 0 Å². The molecule has 0 radical (unpaired) electrons. The number of phenols is 2. The zero-order valence-electron chi connectivity index (χ0n) is 28.7. The van der Waals surface area contributed by atoms with Gasteiger partial charge in [-0.05, 0) is 79.8 Å². The summed E-state index contributed by atoms with van der Waals surface area (Å²) in [7, 11) is -8.36. The first kappa shape index (κ1) is 37.8. The SMILES string of the molecule is CCCCN(CCCC)S(=O)(=O)c1ccc(N(C(=O)CN2C(=O)c3ccccc3S2(=O)=O)[C@@H](C(=O)NC2CCCC2)c2ccc(O)c(O)c2)cc1. The highest BCUT2D eigenvalue weighted by Crippen LogP contribution is 2.36. The number of rotatable bonds is 15. The molecule has 5 rings (SSSR count). The fraction of sp³-hybridized carbons (Fsp3) is 0.417. The summed E-state index contributed by atoms with van der Waals surface area (Å²) >= 11 is 0. The average Bonchev–Trinajstić information content (AvgIpc) is 3.69. The van der Waals surface area contributed by atoms with Crippen LogP contribution in [0, 0.1) is 0 Å². The van der Waals surface area contributed by atoms with Crippen molar-refractivity contribution in [2.24, 2.45) is 0 Å². The first-order valence-electron chi connectivity index (χ1n) is 17.2. The highest BCUT2D eigenvalue weighted by molar-refractivity contribution is 7.90. The second-order valence-corrected chi connectivity index (χ2v) is 16.6. The standard InChI is InChI=1S/C36H44N4O9S2/c1-3-5-21-38(22-6-4-2)50(46,47)28-18-16-27(17-19-28)40(33(43)24-39-36(45)29-13-9-10-14-32(29)51(39,48)49)34(25-15-20-30(41)31(42)23-25)35(44)37-26-11-7-8-12-26/h9-10,13-20,23,26,34,41-42H,3-8,11-12,21-22,24H2,1-2H3,(H,37,44)/t34-/m1/s1. The van der Waals surface area contributed by atoms with Crippen molar-refractivity contribution in [2.45, 2.75) is 87.1 Å². The van der Waals surface area contributed by atoms with Gasteiger partial charge in [0.1, 0.15) is 17.5 Å². The smallest absolute Gasteiger partial charge is 0.269 e. The summed E-state index contributed by atoms with van der Waals surface area (Å²) < 4.78 is 56.3. The van der Waals surface area contributed by atoms with E-state index in [1.54, 1.807) is 0 Å². The summed E-state index contributed by atoms with van der Waals surface area (Å²) in [5.74, 6) is -3.56. The van der Waals surface area contributed by atoms with Crippen molar-refractivity contribution in [1.29, 1.82) is 0 Å². The van der Waals surface area contributed by atoms with E-state index in [0.29, 0.717) is 43.1 Å². The minimum atomic E-state index is -4.42. The predicted molar refractivity (Wildman–Crippen MR) is 190 cm³/mol. The van der Waals surface area contributed by atoms with E-state index < -0.39 is 61.9 Å². The van der Waals surface area contributed by atoms with Gasteiger partial charge in [0.05, 0.1) is 10.5 Å². The van der Waals surface area contributed by atoms with Gasteiger partial charge in [-0.3, -0.25) is 19.3 Å². The van der Waals surface area contributed by atoms with Crippen LogP contribution in [0.3, 0.4) is 0 Å². The summed E-state index contributed by atoms with van der Waals surface area (Å²) in [6.45, 7) is 3.63. The van der Waals surface area contributed by atoms with Gasteiger partial charge in [0.15, 0.2) is 11.5 Å². The number of carbonyl (C=O) groups excluding carboxylic acids is 3. The van der Waals surface area contributed by atoms with Gasteiger partial charge in [0.2, 0.25) is 21.8 Å². The average molecular weight is 741 g/mol. The molecule has 0 spiro atoms. The van der Waals surface area contributed by atoms with E-state index >= 15 is 0 Å². The molecular formula is C36H44N4O9S2. The van der Waals surface area contributed by atoms with E-state index in [1.165, 1.54) is 58.9 Å². The van der Waals surface area contributed by atoms with Crippen molar-refractivity contribution in [3.05, 3.63) is 77.9 Å². The van der Waals surface area contributed by atoms with Crippen molar-refractivity contribution in [3.63, 3.8) is 0 Å². The number of phenolic OH excluding ortho intramolecular Hbond substituents is 2. The number of fused-ring (bicyclic) bond motifs is 1. The van der Waals surface area contributed by atoms with Crippen LogP contribution >= 0.6 is 0 Å². The van der Waals surface area contributed by atoms with E-state index in [9.17, 15) is 41.4 Å². The summed E-state index contributed by atoms with van der Waals surface area (Å²) in [4.78, 5) is 42.7. The van der Waals surface area contributed by atoms with Crippen molar-refractivity contribution in [3.8, 4) is 11.5 Å². The van der Waals surface area contributed by atoms with Gasteiger partial charge in [-0.2, -0.15) is 4.31 Å². The van der Waals surface area contributed by atoms with E-state index in [0.717, 1.165) is 42.7 Å². The summed E-state index contributed by atoms with van der Waals surface area (Å²) in [6.07, 6.45) is 6.10. The van der Waals surface area contributed by atoms with Crippen molar-refractivity contribution >= 4 is 43.5 Å². The Morgan fingerprint density at radius 3 is 2.14 bits per heavy atom. The van der Waals surface area contributed by atoms with Crippen molar-refractivity contribution in [2.75, 3.05) is 24.5 Å². The molecule has 1 aliphatic carbocycles. The number of nitrogens with zero attached hydrogens (tertiary/aromatic N) is 3. The number of unbranched alkanes of at least 4 members (excludes halogenated alkanes) is 2. The topological polar surface area (TPSA) is 182 Å². The molecule has 0 bridgehead atoms. The highest BCUT2D eigenvalue weighted by atomic mass is 32.2. The number of carbonyl (C=O) groups is 3. The lowest BCUT2D eigenvalue weighted by Crippen LogP contribution is -2.50. The van der Waals surface area contributed by atoms with Crippen LogP contribution in [0.15, 0.2) is 76.5 Å². The maximum atomic E-state index is 14.5. The Balaban J connectivity index is 1.60. The molecule has 15 heteroatoms. The second-order valence-electron chi connectivity index (χ2n) is 12.8. The molecule has 3 amide bonds. The Labute approximate surface area is 299 Å². The summed E-state index contributed by atoms with van der Waals surface area (Å²) in [6, 6.07) is 12.8. The van der Waals surface area contributed by atoms with E-state index in [-0.39, 0.29) is 32.6 Å². The third-order valence-corrected chi connectivity index (χ3v) is 13.0. The molecule has 1 atom stereocenters. The third kappa shape index (κ3) is 7.90. The fourth-order valence-corrected chi connectivity index (χ4v) is 9.49. The number of anilines is 1. The third-order valence-electron chi connectivity index (χ3n) is 9.26. The van der Waals surface area contributed by atoms with Gasteiger partial charge in [0, 0.05) is 24.8 Å². The summed E-state index contributed by atoms with van der Waals surface area (Å²) in [5.41, 5.74) is 0.0180. The summed E-state index contributed by atoms with van der Waals surface area (Å²) in [5, 5.41) is 23.5. The molecule has 2 aliphatic rings. The number of hydrogen-bond donors (Lipinski definition) is 3. The van der Waals surface area contributed by atoms with Gasteiger partial charge < -0.3 is 15.5 Å². The van der Waals surface area contributed by atoms with E-state index in [4.69, 9.17) is 0 Å². The van der Waals surface area contributed by atoms with Gasteiger partial charge >= 0.3 is 0 Å². The molecule has 1 saturated carbocycles. The van der Waals surface area contributed by atoms with Crippen molar-refractivity contribution < 1.29 is 41.4 Å². The fourth-order valence-electron chi connectivity index (χ4n) is 6.45. The molecule has 3 aromatic rings. The first-order valence-corrected chi connectivity index (χ1v) is 20.1. The number of hydrogen-bond acceptors (Lipinski definition) is 9. The minimum absolute atomic E-state index is 0.0344. The number of benzene rings is 3. The molecule has 0 saturated heterocycles. The van der Waals surface area contributed by atoms with Crippen LogP contribution in [0.25, 0.3) is 0 Å². The van der Waals surface area contributed by atoms with Crippen LogP contribution in [0.1, 0.15) is 87.2 Å². The largest absolute Gasteiger partial charge is 0.504 e. The van der Waals surface area contributed by atoms with Crippen LogP contribution < -0.4 is 10.2 Å². The second kappa shape index (κ2) is 15.8. The van der Waals surface area contributed by atoms with E-state index in [2.05, 4.69) is 5.32 Å². The lowest BCUT2D eigenvalue weighted by Gasteiger charge is -2.33. The molecule has 1 heterocycles. The monoisotopic (exact) mass is 740 g/mol. The number of nitrogens with one attached hydrogen (secondary N) is 1. The molecule has 1 fully saturated rings. The number of sulfonamides is 2. The van der Waals surface area contributed by atoms with Gasteiger partial charge in [-0.15, -0.1) is 0 Å². The molecule has 3 aromatic carbocycles. The maximum absolute atomic E-state index is 14.5. The Morgan fingerprint density at radius 1 is 0.922 bits per heavy atom. The predicted octanol–water partition coefficient (Wildman–Crippen LogP) is 4.67. The Kier molecular flexibility index (Phi) is 11.7. The zero-order valence-corrected chi connectivity index (χ0v) is 30.3. The molecule has 0 unspecified atom stereocenters. The molecule has 13 nitrogen and oxygen atoms in total. The number of aromatic hydroxyl groups is 2. The van der Waals surface area contributed by atoms with Gasteiger partial charge in [0.25, 0.3) is 15.9 Å². The Morgan fingerprint density at radius 2 is 1.55 bits per heavy atom. The lowest BCUT2D eigenvalue weighted by atomic mass is 10.0. The molecule has 0 aromatic heterocycles. The molecule has 1 aliphatic heterocycles. The molecule has 274 valence electrons. The Bertz CT molecular complexity index is 1970. The van der Waals surface area contributed by atoms with Gasteiger partial charge in [-0.1, -0.05) is 57.7 Å². The number of amides is 3. The lowest BCUT2D eigenvalue weighted by molar-refractivity contribution is -0.127. The molecule has 3 N–H and O–H groups in total. The van der Waals surface area contributed by atoms with Crippen LogP contribution in [-0.4, -0.2) is 79.1 Å².